The number of nitrogens with zero attached hydrogens (tertiary/aromatic N) is 2. The zero-order valence-electron chi connectivity index (χ0n) is 13.1. The largest absolute Gasteiger partial charge is 0.491 e. The highest BCUT2D eigenvalue weighted by Crippen LogP contribution is 2.17. The first-order valence-corrected chi connectivity index (χ1v) is 7.32. The van der Waals surface area contributed by atoms with Crippen LogP contribution in [0.5, 0.6) is 5.75 Å². The average Bonchev–Trinajstić information content (AvgIpc) is 2.50. The van der Waals surface area contributed by atoms with Gasteiger partial charge in [0.1, 0.15) is 17.4 Å². The number of halogens is 2. The van der Waals surface area contributed by atoms with Gasteiger partial charge >= 0.3 is 0 Å². The molecule has 0 bridgehead atoms. The summed E-state index contributed by atoms with van der Waals surface area (Å²) in [4.78, 5) is 1.41. The van der Waals surface area contributed by atoms with Gasteiger partial charge in [0.2, 0.25) is 0 Å². The molecule has 0 aliphatic rings. The molecule has 0 fully saturated rings. The summed E-state index contributed by atoms with van der Waals surface area (Å²) in [6, 6.07) is 10.8. The molecule has 2 aromatic carbocycles. The van der Waals surface area contributed by atoms with Crippen LogP contribution in [0.1, 0.15) is 25.0 Å². The van der Waals surface area contributed by atoms with Crippen molar-refractivity contribution in [3.05, 3.63) is 65.2 Å². The van der Waals surface area contributed by atoms with E-state index in [1.807, 2.05) is 44.3 Å². The lowest BCUT2D eigenvalue weighted by atomic mass is 10.1. The summed E-state index contributed by atoms with van der Waals surface area (Å²) in [5.74, 6) is -0.515. The van der Waals surface area contributed by atoms with Gasteiger partial charge in [-0.05, 0) is 37.6 Å². The summed E-state index contributed by atoms with van der Waals surface area (Å²) in [5.41, 5.74) is 1.19. The van der Waals surface area contributed by atoms with Gasteiger partial charge in [0.05, 0.1) is 19.2 Å². The summed E-state index contributed by atoms with van der Waals surface area (Å²) in [7, 11) is 0. The minimum absolute atomic E-state index is 0.0901. The van der Waals surface area contributed by atoms with E-state index in [2.05, 4.69) is 0 Å². The van der Waals surface area contributed by atoms with E-state index in [1.54, 1.807) is 0 Å². The molecule has 0 aliphatic carbocycles. The fraction of sp³-hybridized carbons (Fsp3) is 0.278. The minimum Gasteiger partial charge on any atom is -0.491 e. The van der Waals surface area contributed by atoms with Gasteiger partial charge in [-0.15, -0.1) is 0 Å². The molecule has 0 aromatic heterocycles. The second-order valence-corrected chi connectivity index (χ2v) is 5.50. The Kier molecular flexibility index (Phi) is 5.53. The van der Waals surface area contributed by atoms with E-state index >= 15 is 0 Å². The third-order valence-corrected chi connectivity index (χ3v) is 3.19. The lowest BCUT2D eigenvalue weighted by molar-refractivity contribution is 0.242. The quantitative estimate of drug-likeness (QED) is 0.591. The molecule has 0 saturated heterocycles. The van der Waals surface area contributed by atoms with E-state index in [-0.39, 0.29) is 18.2 Å². The van der Waals surface area contributed by atoms with Crippen molar-refractivity contribution in [2.75, 3.05) is 0 Å². The average molecular weight is 316 g/mol. The lowest BCUT2D eigenvalue weighted by Gasteiger charge is -2.17. The first-order valence-electron chi connectivity index (χ1n) is 7.32. The Morgan fingerprint density at radius 3 is 2.35 bits per heavy atom. The van der Waals surface area contributed by atoms with Gasteiger partial charge in [0.15, 0.2) is 6.19 Å². The van der Waals surface area contributed by atoms with Crippen molar-refractivity contribution in [1.82, 2.24) is 4.90 Å². The molecular formula is C18H18F2N2O. The van der Waals surface area contributed by atoms with Crippen LogP contribution in [0.2, 0.25) is 0 Å². The van der Waals surface area contributed by atoms with Crippen LogP contribution in [-0.2, 0) is 13.1 Å². The van der Waals surface area contributed by atoms with Gasteiger partial charge < -0.3 is 9.64 Å². The van der Waals surface area contributed by atoms with Crippen LogP contribution >= 0.6 is 0 Å². The molecule has 2 aromatic rings. The van der Waals surface area contributed by atoms with Crippen LogP contribution in [0.15, 0.2) is 42.5 Å². The Hall–Kier alpha value is -2.61. The molecule has 0 atom stereocenters. The van der Waals surface area contributed by atoms with Crippen molar-refractivity contribution >= 4 is 0 Å². The number of hydrogen-bond acceptors (Lipinski definition) is 3. The highest BCUT2D eigenvalue weighted by molar-refractivity contribution is 5.28. The van der Waals surface area contributed by atoms with E-state index in [4.69, 9.17) is 4.74 Å². The molecule has 0 spiro atoms. The van der Waals surface area contributed by atoms with Crippen molar-refractivity contribution in [3.8, 4) is 11.9 Å². The predicted molar refractivity (Wildman–Crippen MR) is 83.4 cm³/mol. The van der Waals surface area contributed by atoms with Crippen LogP contribution in [-0.4, -0.2) is 11.0 Å². The van der Waals surface area contributed by atoms with Crippen molar-refractivity contribution in [1.29, 1.82) is 5.26 Å². The van der Waals surface area contributed by atoms with Crippen molar-refractivity contribution < 1.29 is 13.5 Å². The fourth-order valence-electron chi connectivity index (χ4n) is 2.15. The van der Waals surface area contributed by atoms with Crippen molar-refractivity contribution in [3.63, 3.8) is 0 Å². The highest BCUT2D eigenvalue weighted by atomic mass is 19.1. The standard InChI is InChI=1S/C18H18F2N2O/c1-13(2)23-17-7-3-14(4-8-17)10-22(12-21)11-15-5-6-16(19)9-18(15)20/h3-9,13H,10-11H2,1-2H3. The Bertz CT molecular complexity index is 693. The maximum absolute atomic E-state index is 13.7. The van der Waals surface area contributed by atoms with E-state index < -0.39 is 11.6 Å². The molecular weight excluding hydrogens is 298 g/mol. The molecule has 0 aliphatic heterocycles. The van der Waals surface area contributed by atoms with E-state index in [1.165, 1.54) is 17.0 Å². The minimum atomic E-state index is -0.647. The Labute approximate surface area is 134 Å². The number of hydrogen-bond donors (Lipinski definition) is 0. The molecule has 0 radical (unpaired) electrons. The van der Waals surface area contributed by atoms with E-state index in [9.17, 15) is 14.0 Å². The van der Waals surface area contributed by atoms with Gasteiger partial charge in [-0.25, -0.2) is 8.78 Å². The number of benzene rings is 2. The van der Waals surface area contributed by atoms with Crippen LogP contribution < -0.4 is 4.74 Å². The molecule has 0 unspecified atom stereocenters. The normalized spacial score (nSPS) is 10.4. The van der Waals surface area contributed by atoms with Gasteiger partial charge in [-0.1, -0.05) is 18.2 Å². The Morgan fingerprint density at radius 1 is 1.09 bits per heavy atom. The Morgan fingerprint density at radius 2 is 1.78 bits per heavy atom. The maximum Gasteiger partial charge on any atom is 0.179 e. The van der Waals surface area contributed by atoms with Crippen LogP contribution in [0.4, 0.5) is 8.78 Å². The first kappa shape index (κ1) is 16.8. The monoisotopic (exact) mass is 316 g/mol. The maximum atomic E-state index is 13.7. The van der Waals surface area contributed by atoms with Gasteiger partial charge in [-0.3, -0.25) is 0 Å². The SMILES string of the molecule is CC(C)Oc1ccc(CN(C#N)Cc2ccc(F)cc2F)cc1. The lowest BCUT2D eigenvalue weighted by Crippen LogP contribution is -2.17. The molecule has 5 heteroatoms. The molecule has 0 heterocycles. The number of nitriles is 1. The van der Waals surface area contributed by atoms with Crippen molar-refractivity contribution in [2.45, 2.75) is 33.0 Å². The Balaban J connectivity index is 2.03. The molecule has 3 nitrogen and oxygen atoms in total. The highest BCUT2D eigenvalue weighted by Gasteiger charge is 2.10. The molecule has 0 N–H and O–H groups in total. The predicted octanol–water partition coefficient (Wildman–Crippen LogP) is 4.24. The number of rotatable bonds is 6. The third kappa shape index (κ3) is 4.96. The topological polar surface area (TPSA) is 36.3 Å². The summed E-state index contributed by atoms with van der Waals surface area (Å²) >= 11 is 0. The number of ether oxygens (including phenoxy) is 1. The van der Waals surface area contributed by atoms with Gasteiger partial charge in [0, 0.05) is 11.6 Å². The van der Waals surface area contributed by atoms with Gasteiger partial charge in [-0.2, -0.15) is 5.26 Å². The zero-order valence-corrected chi connectivity index (χ0v) is 13.1. The summed E-state index contributed by atoms with van der Waals surface area (Å²) in [6.07, 6.45) is 2.12. The second kappa shape index (κ2) is 7.59. The third-order valence-electron chi connectivity index (χ3n) is 3.19. The summed E-state index contributed by atoms with van der Waals surface area (Å²) in [6.45, 7) is 4.33. The first-order chi connectivity index (χ1) is 11.0. The smallest absolute Gasteiger partial charge is 0.179 e. The van der Waals surface area contributed by atoms with Crippen LogP contribution in [0.3, 0.4) is 0 Å². The van der Waals surface area contributed by atoms with Crippen molar-refractivity contribution in [2.24, 2.45) is 0 Å². The zero-order chi connectivity index (χ0) is 16.8. The van der Waals surface area contributed by atoms with Crippen LogP contribution in [0.25, 0.3) is 0 Å². The second-order valence-electron chi connectivity index (χ2n) is 5.50. The van der Waals surface area contributed by atoms with Crippen LogP contribution in [0, 0.1) is 23.1 Å². The molecule has 0 saturated carbocycles. The fourth-order valence-corrected chi connectivity index (χ4v) is 2.15. The van der Waals surface area contributed by atoms with E-state index in [0.29, 0.717) is 6.54 Å². The molecule has 2 rings (SSSR count). The molecule has 0 amide bonds. The molecule has 120 valence electrons. The summed E-state index contributed by atoms with van der Waals surface area (Å²) in [5, 5.41) is 9.22. The van der Waals surface area contributed by atoms with Gasteiger partial charge in [0.25, 0.3) is 0 Å². The van der Waals surface area contributed by atoms with E-state index in [0.717, 1.165) is 17.4 Å². The molecule has 23 heavy (non-hydrogen) atoms. The summed E-state index contributed by atoms with van der Waals surface area (Å²) < 4.78 is 32.1.